The molecule has 0 radical (unpaired) electrons. The van der Waals surface area contributed by atoms with Crippen molar-refractivity contribution in [1.82, 2.24) is 9.80 Å². The van der Waals surface area contributed by atoms with Gasteiger partial charge in [0.1, 0.15) is 6.04 Å². The highest BCUT2D eigenvalue weighted by atomic mass is 32.1. The smallest absolute Gasteiger partial charge is 0.264 e. The van der Waals surface area contributed by atoms with Gasteiger partial charge >= 0.3 is 0 Å². The van der Waals surface area contributed by atoms with Crippen molar-refractivity contribution < 1.29 is 9.59 Å². The minimum atomic E-state index is -0.278. The Morgan fingerprint density at radius 1 is 1.22 bits per heavy atom. The average molecular weight is 333 g/mol. The van der Waals surface area contributed by atoms with Crippen LogP contribution in [0.5, 0.6) is 0 Å². The topological polar surface area (TPSA) is 66.6 Å². The van der Waals surface area contributed by atoms with Crippen molar-refractivity contribution in [2.24, 2.45) is 17.6 Å². The summed E-state index contributed by atoms with van der Waals surface area (Å²) in [6.07, 6.45) is 3.92. The number of hydrogen-bond acceptors (Lipinski definition) is 4. The van der Waals surface area contributed by atoms with Crippen molar-refractivity contribution in [2.75, 3.05) is 19.6 Å². The van der Waals surface area contributed by atoms with Crippen LogP contribution in [0.2, 0.25) is 0 Å². The van der Waals surface area contributed by atoms with Crippen molar-refractivity contribution in [3.05, 3.63) is 22.4 Å². The lowest BCUT2D eigenvalue weighted by molar-refractivity contribution is -0.134. The lowest BCUT2D eigenvalue weighted by atomic mass is 9.98. The molecule has 6 heteroatoms. The molecule has 2 saturated heterocycles. The molecule has 1 aromatic rings. The van der Waals surface area contributed by atoms with Crippen LogP contribution in [0, 0.1) is 11.8 Å². The van der Waals surface area contributed by atoms with E-state index in [2.05, 4.69) is 0 Å². The summed E-state index contributed by atoms with van der Waals surface area (Å²) in [4.78, 5) is 30.1. The van der Waals surface area contributed by atoms with Gasteiger partial charge in [-0.25, -0.2) is 0 Å². The maximum atomic E-state index is 13.0. The molecule has 5 nitrogen and oxygen atoms in total. The molecular formula is C17H23N3O2S. The first-order chi connectivity index (χ1) is 11.1. The Balaban J connectivity index is 1.46. The summed E-state index contributed by atoms with van der Waals surface area (Å²) in [5.74, 6) is 1.17. The molecule has 124 valence electrons. The van der Waals surface area contributed by atoms with Crippen LogP contribution in [0.1, 0.15) is 35.4 Å². The third kappa shape index (κ3) is 2.58. The maximum Gasteiger partial charge on any atom is 0.264 e. The van der Waals surface area contributed by atoms with Crippen molar-refractivity contribution in [3.63, 3.8) is 0 Å². The fourth-order valence-electron chi connectivity index (χ4n) is 4.51. The highest BCUT2D eigenvalue weighted by molar-refractivity contribution is 7.12. The quantitative estimate of drug-likeness (QED) is 0.893. The van der Waals surface area contributed by atoms with E-state index in [1.807, 2.05) is 22.4 Å². The number of carbonyl (C=O) groups excluding carboxylic acids is 2. The van der Waals surface area contributed by atoms with Crippen LogP contribution in [0.25, 0.3) is 0 Å². The van der Waals surface area contributed by atoms with Crippen molar-refractivity contribution in [3.8, 4) is 0 Å². The summed E-state index contributed by atoms with van der Waals surface area (Å²) >= 11 is 1.45. The second kappa shape index (κ2) is 5.91. The minimum absolute atomic E-state index is 0.00643. The standard InChI is InChI=1S/C17H23N3O2S/c18-13-6-5-11-9-19(10-12(11)13)16(21)14-3-1-7-20(14)17(22)15-4-2-8-23-15/h2,4,8,11-14H,1,3,5-7,9-10,18H2. The van der Waals surface area contributed by atoms with E-state index < -0.39 is 0 Å². The summed E-state index contributed by atoms with van der Waals surface area (Å²) in [6.45, 7) is 2.30. The zero-order valence-electron chi connectivity index (χ0n) is 13.2. The summed E-state index contributed by atoms with van der Waals surface area (Å²) in [5, 5.41) is 1.91. The summed E-state index contributed by atoms with van der Waals surface area (Å²) in [7, 11) is 0. The third-order valence-electron chi connectivity index (χ3n) is 5.75. The molecule has 4 atom stereocenters. The molecule has 0 spiro atoms. The Bertz CT molecular complexity index is 603. The van der Waals surface area contributed by atoms with E-state index in [1.54, 1.807) is 4.90 Å². The number of likely N-dealkylation sites (tertiary alicyclic amines) is 2. The lowest BCUT2D eigenvalue weighted by Crippen LogP contribution is -2.47. The average Bonchev–Trinajstić information content (AvgIpc) is 3.32. The van der Waals surface area contributed by atoms with Gasteiger partial charge in [0.2, 0.25) is 5.91 Å². The van der Waals surface area contributed by atoms with Gasteiger partial charge in [-0.1, -0.05) is 6.07 Å². The molecule has 23 heavy (non-hydrogen) atoms. The van der Waals surface area contributed by atoms with Crippen LogP contribution in [-0.2, 0) is 4.79 Å². The minimum Gasteiger partial charge on any atom is -0.340 e. The molecule has 4 unspecified atom stereocenters. The molecule has 3 heterocycles. The molecule has 2 N–H and O–H groups in total. The molecule has 1 aliphatic carbocycles. The number of nitrogens with two attached hydrogens (primary N) is 1. The Morgan fingerprint density at radius 3 is 2.83 bits per heavy atom. The number of hydrogen-bond donors (Lipinski definition) is 1. The Labute approximate surface area is 140 Å². The Hall–Kier alpha value is -1.40. The Morgan fingerprint density at radius 2 is 2.09 bits per heavy atom. The van der Waals surface area contributed by atoms with E-state index in [0.717, 1.165) is 43.6 Å². The summed E-state index contributed by atoms with van der Waals surface area (Å²) in [6, 6.07) is 3.69. The van der Waals surface area contributed by atoms with Crippen LogP contribution < -0.4 is 5.73 Å². The van der Waals surface area contributed by atoms with Gasteiger partial charge < -0.3 is 15.5 Å². The second-order valence-corrected chi connectivity index (χ2v) is 7.99. The third-order valence-corrected chi connectivity index (χ3v) is 6.61. The van der Waals surface area contributed by atoms with Crippen molar-refractivity contribution >= 4 is 23.2 Å². The number of thiophene rings is 1. The molecule has 1 aromatic heterocycles. The summed E-state index contributed by atoms with van der Waals surface area (Å²) in [5.41, 5.74) is 6.17. The molecule has 2 aliphatic heterocycles. The normalized spacial score (nSPS) is 33.3. The van der Waals surface area contributed by atoms with Crippen LogP contribution >= 0.6 is 11.3 Å². The van der Waals surface area contributed by atoms with Gasteiger partial charge in [0, 0.05) is 25.7 Å². The van der Waals surface area contributed by atoms with Crippen LogP contribution in [0.3, 0.4) is 0 Å². The largest absolute Gasteiger partial charge is 0.340 e. The van der Waals surface area contributed by atoms with Crippen molar-refractivity contribution in [2.45, 2.75) is 37.8 Å². The predicted molar refractivity (Wildman–Crippen MR) is 89.1 cm³/mol. The molecule has 2 amide bonds. The zero-order valence-corrected chi connectivity index (χ0v) is 14.0. The first-order valence-electron chi connectivity index (χ1n) is 8.54. The van der Waals surface area contributed by atoms with Gasteiger partial charge in [-0.2, -0.15) is 0 Å². The van der Waals surface area contributed by atoms with Crippen LogP contribution in [-0.4, -0.2) is 53.3 Å². The van der Waals surface area contributed by atoms with Crippen LogP contribution in [0.15, 0.2) is 17.5 Å². The van der Waals surface area contributed by atoms with E-state index >= 15 is 0 Å². The molecule has 0 bridgehead atoms. The van der Waals surface area contributed by atoms with Crippen molar-refractivity contribution in [1.29, 1.82) is 0 Å². The first kappa shape index (κ1) is 15.1. The molecule has 3 fully saturated rings. The number of amides is 2. The fraction of sp³-hybridized carbons (Fsp3) is 0.647. The van der Waals surface area contributed by atoms with E-state index in [9.17, 15) is 9.59 Å². The molecule has 1 saturated carbocycles. The van der Waals surface area contributed by atoms with Gasteiger partial charge in [0.15, 0.2) is 0 Å². The van der Waals surface area contributed by atoms with E-state index in [1.165, 1.54) is 11.3 Å². The van der Waals surface area contributed by atoms with E-state index in [4.69, 9.17) is 5.73 Å². The van der Waals surface area contributed by atoms with E-state index in [-0.39, 0.29) is 23.9 Å². The maximum absolute atomic E-state index is 13.0. The number of fused-ring (bicyclic) bond motifs is 1. The second-order valence-electron chi connectivity index (χ2n) is 7.04. The van der Waals surface area contributed by atoms with Gasteiger partial charge in [-0.05, 0) is 49.0 Å². The number of carbonyl (C=O) groups is 2. The molecular weight excluding hydrogens is 310 g/mol. The number of nitrogens with zero attached hydrogens (tertiary/aromatic N) is 2. The molecule has 0 aromatic carbocycles. The molecule has 4 rings (SSSR count). The van der Waals surface area contributed by atoms with Gasteiger partial charge in [-0.15, -0.1) is 11.3 Å². The number of rotatable bonds is 2. The monoisotopic (exact) mass is 333 g/mol. The van der Waals surface area contributed by atoms with Gasteiger partial charge in [0.05, 0.1) is 4.88 Å². The zero-order chi connectivity index (χ0) is 16.0. The fourth-order valence-corrected chi connectivity index (χ4v) is 5.19. The lowest BCUT2D eigenvalue weighted by Gasteiger charge is -2.28. The first-order valence-corrected chi connectivity index (χ1v) is 9.42. The van der Waals surface area contributed by atoms with Gasteiger partial charge in [0.25, 0.3) is 5.91 Å². The van der Waals surface area contributed by atoms with E-state index in [0.29, 0.717) is 18.4 Å². The van der Waals surface area contributed by atoms with Crippen LogP contribution in [0.4, 0.5) is 0 Å². The Kier molecular flexibility index (Phi) is 3.89. The van der Waals surface area contributed by atoms with Gasteiger partial charge in [-0.3, -0.25) is 9.59 Å². The highest BCUT2D eigenvalue weighted by Gasteiger charge is 2.45. The summed E-state index contributed by atoms with van der Waals surface area (Å²) < 4.78 is 0. The molecule has 3 aliphatic rings. The predicted octanol–water partition coefficient (Wildman–Crippen LogP) is 1.55. The SMILES string of the molecule is NC1CCC2CN(C(=O)C3CCCN3C(=O)c3cccs3)CC12. The highest BCUT2D eigenvalue weighted by Crippen LogP contribution is 2.38.